The summed E-state index contributed by atoms with van der Waals surface area (Å²) in [5.41, 5.74) is 0.409. The third-order valence-corrected chi connectivity index (χ3v) is 3.37. The third kappa shape index (κ3) is 2.90. The van der Waals surface area contributed by atoms with Crippen molar-refractivity contribution in [3.63, 3.8) is 0 Å². The standard InChI is InChI=1S/C12H16ClN3O3/c1-14-3-5-15(6-4-14)10-8-12(19-2)11(16(17)18)7-9(10)13/h7-8H,3-6H2,1-2H3/i1D3. The van der Waals surface area contributed by atoms with Crippen molar-refractivity contribution in [3.05, 3.63) is 27.3 Å². The third-order valence-electron chi connectivity index (χ3n) is 3.07. The summed E-state index contributed by atoms with van der Waals surface area (Å²) >= 11 is 6.14. The molecule has 1 aromatic carbocycles. The first-order valence-electron chi connectivity index (χ1n) is 7.26. The number of benzene rings is 1. The number of methoxy groups -OCH3 is 1. The molecule has 1 fully saturated rings. The zero-order chi connectivity index (χ0) is 16.5. The minimum absolute atomic E-state index is 0.127. The van der Waals surface area contributed by atoms with Gasteiger partial charge in [0, 0.05) is 42.4 Å². The van der Waals surface area contributed by atoms with E-state index in [0.717, 1.165) is 0 Å². The molecule has 6 nitrogen and oxygen atoms in total. The Morgan fingerprint density at radius 2 is 2.11 bits per heavy atom. The number of rotatable bonds is 3. The van der Waals surface area contributed by atoms with Crippen molar-refractivity contribution in [2.45, 2.75) is 0 Å². The van der Waals surface area contributed by atoms with Gasteiger partial charge in [-0.15, -0.1) is 0 Å². The van der Waals surface area contributed by atoms with Gasteiger partial charge in [-0.3, -0.25) is 10.1 Å². The molecular formula is C12H16ClN3O3. The van der Waals surface area contributed by atoms with E-state index in [4.69, 9.17) is 20.5 Å². The number of piperazine rings is 1. The van der Waals surface area contributed by atoms with E-state index in [-0.39, 0.29) is 16.5 Å². The lowest BCUT2D eigenvalue weighted by Gasteiger charge is -2.34. The largest absolute Gasteiger partial charge is 0.490 e. The number of nitro groups is 1. The molecule has 1 aliphatic heterocycles. The number of anilines is 1. The van der Waals surface area contributed by atoms with Crippen LogP contribution in [-0.4, -0.2) is 50.1 Å². The maximum Gasteiger partial charge on any atom is 0.312 e. The van der Waals surface area contributed by atoms with Crippen LogP contribution >= 0.6 is 11.6 Å². The fraction of sp³-hybridized carbons (Fsp3) is 0.500. The number of nitro benzene ring substituents is 1. The van der Waals surface area contributed by atoms with Gasteiger partial charge in [-0.1, -0.05) is 11.6 Å². The van der Waals surface area contributed by atoms with Crippen molar-refractivity contribution in [2.24, 2.45) is 0 Å². The van der Waals surface area contributed by atoms with Gasteiger partial charge in [0.1, 0.15) is 0 Å². The van der Waals surface area contributed by atoms with Gasteiger partial charge in [0.2, 0.25) is 0 Å². The molecule has 0 aromatic heterocycles. The van der Waals surface area contributed by atoms with Crippen LogP contribution in [0.25, 0.3) is 0 Å². The Kier molecular flexibility index (Phi) is 3.04. The smallest absolute Gasteiger partial charge is 0.312 e. The first kappa shape index (κ1) is 10.3. The van der Waals surface area contributed by atoms with Crippen LogP contribution in [0.1, 0.15) is 4.11 Å². The Bertz CT molecular complexity index is 575. The van der Waals surface area contributed by atoms with Gasteiger partial charge in [-0.2, -0.15) is 0 Å². The van der Waals surface area contributed by atoms with Crippen LogP contribution in [0.4, 0.5) is 11.4 Å². The second kappa shape index (κ2) is 5.63. The molecule has 0 radical (unpaired) electrons. The molecule has 0 saturated carbocycles. The second-order valence-corrected chi connectivity index (χ2v) is 4.61. The highest BCUT2D eigenvalue weighted by atomic mass is 35.5. The molecule has 0 amide bonds. The lowest BCUT2D eigenvalue weighted by atomic mass is 10.2. The Morgan fingerprint density at radius 3 is 2.63 bits per heavy atom. The van der Waals surface area contributed by atoms with Gasteiger partial charge >= 0.3 is 5.69 Å². The van der Waals surface area contributed by atoms with Gasteiger partial charge < -0.3 is 14.5 Å². The zero-order valence-corrected chi connectivity index (χ0v) is 11.2. The van der Waals surface area contributed by atoms with Gasteiger partial charge in [0.05, 0.1) is 22.7 Å². The van der Waals surface area contributed by atoms with E-state index in [2.05, 4.69) is 0 Å². The molecule has 19 heavy (non-hydrogen) atoms. The van der Waals surface area contributed by atoms with E-state index < -0.39 is 11.9 Å². The minimum Gasteiger partial charge on any atom is -0.490 e. The van der Waals surface area contributed by atoms with Crippen LogP contribution in [0.15, 0.2) is 12.1 Å². The topological polar surface area (TPSA) is 58.8 Å². The van der Waals surface area contributed by atoms with E-state index in [1.165, 1.54) is 24.1 Å². The predicted octanol–water partition coefficient (Wildman–Crippen LogP) is 2.01. The molecule has 1 aromatic rings. The molecule has 0 aliphatic carbocycles. The molecule has 0 spiro atoms. The summed E-state index contributed by atoms with van der Waals surface area (Å²) in [6.45, 7) is -0.431. The van der Waals surface area contributed by atoms with Gasteiger partial charge in [-0.25, -0.2) is 0 Å². The van der Waals surface area contributed by atoms with Gasteiger partial charge in [0.15, 0.2) is 5.75 Å². The summed E-state index contributed by atoms with van der Waals surface area (Å²) in [6, 6.07) is 2.78. The molecule has 0 N–H and O–H groups in total. The van der Waals surface area contributed by atoms with Crippen LogP contribution in [0.2, 0.25) is 5.02 Å². The van der Waals surface area contributed by atoms with Crippen LogP contribution in [0, 0.1) is 10.1 Å². The van der Waals surface area contributed by atoms with Crippen molar-refractivity contribution in [3.8, 4) is 5.75 Å². The van der Waals surface area contributed by atoms with E-state index in [0.29, 0.717) is 31.9 Å². The van der Waals surface area contributed by atoms with Crippen molar-refractivity contribution >= 4 is 23.0 Å². The molecular weight excluding hydrogens is 270 g/mol. The molecule has 1 aliphatic rings. The lowest BCUT2D eigenvalue weighted by molar-refractivity contribution is -0.385. The minimum atomic E-state index is -2.11. The maximum atomic E-state index is 11.0. The first-order chi connectivity index (χ1) is 10.2. The van der Waals surface area contributed by atoms with Crippen molar-refractivity contribution in [1.29, 1.82) is 0 Å². The van der Waals surface area contributed by atoms with Crippen molar-refractivity contribution in [1.82, 2.24) is 4.90 Å². The number of nitrogens with zero attached hydrogens (tertiary/aromatic N) is 3. The highest BCUT2D eigenvalue weighted by Gasteiger charge is 2.22. The monoisotopic (exact) mass is 288 g/mol. The molecule has 0 atom stereocenters. The molecule has 0 unspecified atom stereocenters. The highest BCUT2D eigenvalue weighted by molar-refractivity contribution is 6.33. The number of hydrogen-bond donors (Lipinski definition) is 0. The molecule has 0 bridgehead atoms. The Morgan fingerprint density at radius 1 is 1.42 bits per heavy atom. The fourth-order valence-electron chi connectivity index (χ4n) is 2.03. The summed E-state index contributed by atoms with van der Waals surface area (Å²) in [7, 11) is 1.35. The van der Waals surface area contributed by atoms with E-state index >= 15 is 0 Å². The van der Waals surface area contributed by atoms with Crippen molar-refractivity contribution in [2.75, 3.05) is 45.2 Å². The predicted molar refractivity (Wildman–Crippen MR) is 74.4 cm³/mol. The highest BCUT2D eigenvalue weighted by Crippen LogP contribution is 2.37. The Labute approximate surface area is 120 Å². The average Bonchev–Trinajstić information content (AvgIpc) is 2.46. The molecule has 1 saturated heterocycles. The van der Waals surface area contributed by atoms with E-state index in [1.807, 2.05) is 4.90 Å². The van der Waals surface area contributed by atoms with Crippen LogP contribution in [0.3, 0.4) is 0 Å². The summed E-state index contributed by atoms with van der Waals surface area (Å²) in [4.78, 5) is 13.7. The molecule has 7 heteroatoms. The number of ether oxygens (including phenoxy) is 1. The maximum absolute atomic E-state index is 11.0. The van der Waals surface area contributed by atoms with Gasteiger partial charge in [0.25, 0.3) is 0 Å². The average molecular weight is 289 g/mol. The summed E-state index contributed by atoms with van der Waals surface area (Å²) < 4.78 is 27.2. The summed E-state index contributed by atoms with van der Waals surface area (Å²) in [5, 5.41) is 11.2. The van der Waals surface area contributed by atoms with Crippen LogP contribution in [0.5, 0.6) is 5.75 Å². The van der Waals surface area contributed by atoms with Gasteiger partial charge in [-0.05, 0) is 6.98 Å². The van der Waals surface area contributed by atoms with Crippen LogP contribution < -0.4 is 9.64 Å². The fourth-order valence-corrected chi connectivity index (χ4v) is 2.31. The second-order valence-electron chi connectivity index (χ2n) is 4.21. The first-order valence-corrected chi connectivity index (χ1v) is 6.13. The zero-order valence-electron chi connectivity index (χ0n) is 13.4. The normalized spacial score (nSPS) is 19.5. The van der Waals surface area contributed by atoms with Crippen LogP contribution in [-0.2, 0) is 0 Å². The summed E-state index contributed by atoms with van der Waals surface area (Å²) in [6.07, 6.45) is 0. The SMILES string of the molecule is [2H]C([2H])([2H])N1CCN(c2cc(OC)c([N+](=O)[O-])cc2Cl)CC1. The Hall–Kier alpha value is -1.53. The number of hydrogen-bond acceptors (Lipinski definition) is 5. The van der Waals surface area contributed by atoms with Crippen molar-refractivity contribution < 1.29 is 13.8 Å². The lowest BCUT2D eigenvalue weighted by Crippen LogP contribution is -2.44. The van der Waals surface area contributed by atoms with E-state index in [1.54, 1.807) is 0 Å². The Balaban J connectivity index is 2.22. The molecule has 2 rings (SSSR count). The molecule has 104 valence electrons. The summed E-state index contributed by atoms with van der Waals surface area (Å²) in [5.74, 6) is 0.127. The quantitative estimate of drug-likeness (QED) is 0.629. The number of likely N-dealkylation sites (N-methyl/N-ethyl adjacent to an activating group) is 1. The van der Waals surface area contributed by atoms with E-state index in [9.17, 15) is 10.1 Å². The number of halogens is 1. The molecule has 1 heterocycles.